The molecule has 0 bridgehead atoms. The summed E-state index contributed by atoms with van der Waals surface area (Å²) in [5.74, 6) is -5.71. The lowest BCUT2D eigenvalue weighted by molar-refractivity contribution is -0.117. The van der Waals surface area contributed by atoms with Gasteiger partial charge in [-0.25, -0.2) is 9.80 Å². The molecule has 16 nitrogen and oxygen atoms in total. The molecule has 16 heteroatoms. The standard InChI is InChI=1S/C66H38N6O10/c73-51(29-31-69-59(75)39-13-5-9-33-10-6-14-40(53(33)39)60(69)76)67-47-17-1-3-19-49(47)71-63(79)43-25-21-35-37-23-27-45-58-46(28-24-38(56(37)58)36-22-26-44(64(71)80)57(43)55(35)36)66(82)72(65(45)81)50-20-4-2-18-48(50)68-52(74)30-32-70-61(77)41-15-7-11-34-12-8-16-42(54(34)41)62(70)78/h1-28H,29-32H2,(H,67,73)(H,68,74). The van der Waals surface area contributed by atoms with E-state index in [9.17, 15) is 47.9 Å². The van der Waals surface area contributed by atoms with Crippen LogP contribution in [-0.4, -0.2) is 82.0 Å². The highest BCUT2D eigenvalue weighted by Gasteiger charge is 2.41. The first-order valence-corrected chi connectivity index (χ1v) is 26.4. The summed E-state index contributed by atoms with van der Waals surface area (Å²) < 4.78 is 0. The van der Waals surface area contributed by atoms with Crippen LogP contribution < -0.4 is 20.4 Å². The number of anilines is 4. The molecule has 11 aromatic carbocycles. The van der Waals surface area contributed by atoms with Gasteiger partial charge in [0.05, 0.1) is 22.7 Å². The molecule has 392 valence electrons. The second-order valence-corrected chi connectivity index (χ2v) is 20.6. The van der Waals surface area contributed by atoms with Gasteiger partial charge in [-0.2, -0.15) is 0 Å². The van der Waals surface area contributed by atoms with Gasteiger partial charge in [0.15, 0.2) is 0 Å². The van der Waals surface area contributed by atoms with Gasteiger partial charge in [0.1, 0.15) is 0 Å². The van der Waals surface area contributed by atoms with Gasteiger partial charge in [-0.05, 0) is 116 Å². The van der Waals surface area contributed by atoms with Gasteiger partial charge >= 0.3 is 0 Å². The first-order valence-electron chi connectivity index (χ1n) is 26.4. The fraction of sp³-hybridized carbons (Fsp3) is 0.0606. The first kappa shape index (κ1) is 47.9. The predicted molar refractivity (Wildman–Crippen MR) is 308 cm³/mol. The highest BCUT2D eigenvalue weighted by molar-refractivity contribution is 6.46. The van der Waals surface area contributed by atoms with Crippen molar-refractivity contribution in [2.75, 3.05) is 33.5 Å². The van der Waals surface area contributed by atoms with E-state index in [-0.39, 0.29) is 70.9 Å². The summed E-state index contributed by atoms with van der Waals surface area (Å²) in [6.07, 6.45) is -0.535. The Morgan fingerprint density at radius 3 is 0.902 bits per heavy atom. The third-order valence-electron chi connectivity index (χ3n) is 16.3. The van der Waals surface area contributed by atoms with Crippen molar-refractivity contribution in [3.05, 3.63) is 214 Å². The van der Waals surface area contributed by atoms with Crippen LogP contribution in [-0.2, 0) is 9.59 Å². The number of amides is 10. The van der Waals surface area contributed by atoms with E-state index in [0.717, 1.165) is 30.4 Å². The molecule has 4 aliphatic rings. The van der Waals surface area contributed by atoms with Crippen molar-refractivity contribution in [2.45, 2.75) is 12.8 Å². The van der Waals surface area contributed by atoms with Crippen LogP contribution in [0.4, 0.5) is 22.7 Å². The zero-order valence-electron chi connectivity index (χ0n) is 42.9. The maximum absolute atomic E-state index is 14.8. The van der Waals surface area contributed by atoms with Crippen LogP contribution in [0, 0.1) is 0 Å². The lowest BCUT2D eigenvalue weighted by atomic mass is 9.82. The van der Waals surface area contributed by atoms with Crippen LogP contribution in [0.2, 0.25) is 0 Å². The Morgan fingerprint density at radius 1 is 0.293 bits per heavy atom. The summed E-state index contributed by atoms with van der Waals surface area (Å²) in [4.78, 5) is 145. The van der Waals surface area contributed by atoms with Crippen LogP contribution in [0.1, 0.15) is 95.7 Å². The Balaban J connectivity index is 0.704. The van der Waals surface area contributed by atoms with Gasteiger partial charge in [-0.1, -0.05) is 97.1 Å². The smallest absolute Gasteiger partial charge is 0.266 e. The number of carbonyl (C=O) groups is 10. The molecular formula is C66H38N6O10. The van der Waals surface area contributed by atoms with E-state index in [2.05, 4.69) is 10.6 Å². The van der Waals surface area contributed by atoms with Gasteiger partial charge in [-0.15, -0.1) is 0 Å². The highest BCUT2D eigenvalue weighted by atomic mass is 16.2. The van der Waals surface area contributed by atoms with E-state index in [1.807, 2.05) is 24.3 Å². The number of para-hydroxylation sites is 4. The molecule has 0 aromatic heterocycles. The predicted octanol–water partition coefficient (Wildman–Crippen LogP) is 10.9. The molecule has 11 aromatic rings. The Bertz CT molecular complexity index is 4380. The number of nitrogens with zero attached hydrogens (tertiary/aromatic N) is 4. The number of carbonyl (C=O) groups excluding carboxylic acids is 10. The van der Waals surface area contributed by atoms with Crippen molar-refractivity contribution in [3.8, 4) is 0 Å². The average molecular weight is 1080 g/mol. The Kier molecular flexibility index (Phi) is 10.3. The van der Waals surface area contributed by atoms with E-state index in [1.54, 1.807) is 146 Å². The zero-order chi connectivity index (χ0) is 56.0. The topological polar surface area (TPSA) is 208 Å². The van der Waals surface area contributed by atoms with E-state index < -0.39 is 59.1 Å². The summed E-state index contributed by atoms with van der Waals surface area (Å²) in [6, 6.07) is 47.4. The van der Waals surface area contributed by atoms with Crippen LogP contribution >= 0.6 is 0 Å². The Hall–Kier alpha value is -11.3. The summed E-state index contributed by atoms with van der Waals surface area (Å²) >= 11 is 0. The third-order valence-corrected chi connectivity index (χ3v) is 16.3. The zero-order valence-corrected chi connectivity index (χ0v) is 42.9. The van der Waals surface area contributed by atoms with Gasteiger partial charge in [-0.3, -0.25) is 57.7 Å². The fourth-order valence-electron chi connectivity index (χ4n) is 12.7. The van der Waals surface area contributed by atoms with Crippen LogP contribution in [0.3, 0.4) is 0 Å². The van der Waals surface area contributed by atoms with Crippen LogP contribution in [0.15, 0.2) is 170 Å². The van der Waals surface area contributed by atoms with Crippen molar-refractivity contribution in [3.63, 3.8) is 0 Å². The Labute approximate surface area is 463 Å². The average Bonchev–Trinajstić information content (AvgIpc) is 0.920. The molecule has 82 heavy (non-hydrogen) atoms. The lowest BCUT2D eigenvalue weighted by Gasteiger charge is -2.31. The number of hydrogen-bond acceptors (Lipinski definition) is 10. The van der Waals surface area contributed by atoms with Crippen molar-refractivity contribution in [1.29, 1.82) is 0 Å². The normalized spacial score (nSPS) is 14.7. The molecule has 0 atom stereocenters. The number of fused-ring (bicyclic) bond motifs is 2. The van der Waals surface area contributed by atoms with Crippen molar-refractivity contribution >= 4 is 146 Å². The van der Waals surface area contributed by atoms with Crippen molar-refractivity contribution < 1.29 is 47.9 Å². The monoisotopic (exact) mass is 1070 g/mol. The molecule has 4 heterocycles. The number of imide groups is 4. The summed E-state index contributed by atoms with van der Waals surface area (Å²) in [6.45, 7) is -0.435. The molecule has 0 saturated heterocycles. The minimum atomic E-state index is -0.638. The Morgan fingerprint density at radius 2 is 0.585 bits per heavy atom. The largest absolute Gasteiger partial charge is 0.324 e. The van der Waals surface area contributed by atoms with Crippen molar-refractivity contribution in [1.82, 2.24) is 9.80 Å². The molecular weight excluding hydrogens is 1040 g/mol. The maximum atomic E-state index is 14.8. The van der Waals surface area contributed by atoms with Gasteiger partial charge in [0.2, 0.25) is 11.8 Å². The molecule has 4 aliphatic heterocycles. The quantitative estimate of drug-likeness (QED) is 0.0752. The minimum Gasteiger partial charge on any atom is -0.324 e. The van der Waals surface area contributed by atoms with Gasteiger partial charge < -0.3 is 10.6 Å². The number of hydrogen-bond donors (Lipinski definition) is 2. The molecule has 0 spiro atoms. The summed E-state index contributed by atoms with van der Waals surface area (Å²) in [5, 5.41) is 13.1. The number of nitrogens with one attached hydrogen (secondary N) is 2. The van der Waals surface area contributed by atoms with Crippen molar-refractivity contribution in [2.24, 2.45) is 0 Å². The molecule has 10 amide bonds. The first-order chi connectivity index (χ1) is 39.9. The molecule has 2 N–H and O–H groups in total. The number of benzene rings is 11. The molecule has 0 unspecified atom stereocenters. The van der Waals surface area contributed by atoms with Crippen LogP contribution in [0.5, 0.6) is 0 Å². The van der Waals surface area contributed by atoms with E-state index in [1.165, 1.54) is 0 Å². The van der Waals surface area contributed by atoms with Crippen LogP contribution in [0.25, 0.3) is 64.6 Å². The highest BCUT2D eigenvalue weighted by Crippen LogP contribution is 2.48. The second kappa shape index (κ2) is 17.6. The molecule has 15 rings (SSSR count). The van der Waals surface area contributed by atoms with Gasteiger partial charge in [0.25, 0.3) is 47.3 Å². The second-order valence-electron chi connectivity index (χ2n) is 20.6. The summed E-state index contributed by atoms with van der Waals surface area (Å²) in [7, 11) is 0. The van der Waals surface area contributed by atoms with E-state index in [0.29, 0.717) is 76.1 Å². The molecule has 0 radical (unpaired) electrons. The fourth-order valence-corrected chi connectivity index (χ4v) is 12.7. The minimum absolute atomic E-state index is 0.113. The summed E-state index contributed by atoms with van der Waals surface area (Å²) in [5.41, 5.74) is 2.92. The van der Waals surface area contributed by atoms with E-state index >= 15 is 0 Å². The lowest BCUT2D eigenvalue weighted by Crippen LogP contribution is -2.42. The molecule has 0 saturated carbocycles. The third kappa shape index (κ3) is 6.71. The van der Waals surface area contributed by atoms with E-state index in [4.69, 9.17) is 0 Å². The molecule has 0 aliphatic carbocycles. The number of rotatable bonds is 10. The maximum Gasteiger partial charge on any atom is 0.266 e. The van der Waals surface area contributed by atoms with Gasteiger partial charge in [0, 0.05) is 92.0 Å². The molecule has 0 fully saturated rings. The SMILES string of the molecule is O=C(CCN1C(=O)c2cccc3cccc(c23)C1=O)Nc1ccccc1N1C(=O)c2ccc3c4ccc5c6c(ccc(c7ccc(c2c37)C1=O)c64)C(=O)N(c1ccccc1NC(=O)CCN1C(=O)c2cccc3cccc(c23)C1=O)C5=O.